The molecule has 0 aromatic heterocycles. The molecule has 2 aliphatic heterocycles. The van der Waals surface area contributed by atoms with E-state index in [0.717, 1.165) is 17.7 Å². The van der Waals surface area contributed by atoms with Gasteiger partial charge in [-0.3, -0.25) is 4.31 Å². The number of hydrogen-bond donors (Lipinski definition) is 0. The van der Waals surface area contributed by atoms with Gasteiger partial charge in [0, 0.05) is 6.54 Å². The Bertz CT molecular complexity index is 820. The first-order valence-corrected chi connectivity index (χ1v) is 8.68. The Morgan fingerprint density at radius 2 is 1.55 bits per heavy atom. The van der Waals surface area contributed by atoms with E-state index in [2.05, 4.69) is 0 Å². The highest BCUT2D eigenvalue weighted by Gasteiger charge is 2.36. The Hall–Kier alpha value is -2.21. The predicted octanol–water partition coefficient (Wildman–Crippen LogP) is 2.19. The van der Waals surface area contributed by atoms with Crippen molar-refractivity contribution in [2.24, 2.45) is 0 Å². The molecule has 2 aromatic carbocycles. The van der Waals surface area contributed by atoms with Crippen LogP contribution in [-0.2, 0) is 16.6 Å². The van der Waals surface area contributed by atoms with Gasteiger partial charge in [-0.25, -0.2) is 4.31 Å². The van der Waals surface area contributed by atoms with Gasteiger partial charge < -0.3 is 4.74 Å². The molecule has 2 aromatic rings. The molecule has 22 heavy (non-hydrogen) atoms. The van der Waals surface area contributed by atoms with Crippen molar-refractivity contribution < 1.29 is 13.2 Å². The molecule has 114 valence electrons. The zero-order valence-electron chi connectivity index (χ0n) is 12.0. The first kappa shape index (κ1) is 13.5. The Balaban J connectivity index is 1.77. The van der Waals surface area contributed by atoms with Crippen LogP contribution in [0.25, 0.3) is 0 Å². The highest BCUT2D eigenvalue weighted by atomic mass is 32.2. The zero-order chi connectivity index (χ0) is 15.2. The van der Waals surface area contributed by atoms with Gasteiger partial charge >= 0.3 is 10.2 Å². The van der Waals surface area contributed by atoms with Crippen LogP contribution in [0.5, 0.6) is 5.75 Å². The maximum absolute atomic E-state index is 13.1. The third kappa shape index (κ3) is 1.94. The van der Waals surface area contributed by atoms with E-state index in [1.807, 2.05) is 36.4 Å². The Morgan fingerprint density at radius 1 is 0.864 bits per heavy atom. The minimum atomic E-state index is -3.60. The van der Waals surface area contributed by atoms with E-state index in [9.17, 15) is 8.42 Å². The van der Waals surface area contributed by atoms with Crippen LogP contribution in [0, 0.1) is 0 Å². The minimum absolute atomic E-state index is 0.331. The van der Waals surface area contributed by atoms with E-state index >= 15 is 0 Å². The fourth-order valence-electron chi connectivity index (χ4n) is 3.05. The highest BCUT2D eigenvalue weighted by molar-refractivity contribution is 7.94. The number of fused-ring (bicyclic) bond motifs is 2. The molecule has 0 N–H and O–H groups in total. The van der Waals surface area contributed by atoms with Gasteiger partial charge in [0.25, 0.3) is 0 Å². The normalized spacial score (nSPS) is 16.9. The third-order valence-electron chi connectivity index (χ3n) is 4.09. The number of rotatable bonds is 2. The van der Waals surface area contributed by atoms with Crippen molar-refractivity contribution >= 4 is 21.6 Å². The Kier molecular flexibility index (Phi) is 3.00. The number of benzene rings is 2. The van der Waals surface area contributed by atoms with E-state index in [0.29, 0.717) is 31.1 Å². The van der Waals surface area contributed by atoms with Gasteiger partial charge in [-0.2, -0.15) is 8.42 Å². The number of anilines is 2. The van der Waals surface area contributed by atoms with Crippen molar-refractivity contribution in [3.8, 4) is 5.75 Å². The number of para-hydroxylation sites is 3. The fraction of sp³-hybridized carbons (Fsp3) is 0.250. The summed E-state index contributed by atoms with van der Waals surface area (Å²) in [5, 5.41) is 0. The van der Waals surface area contributed by atoms with Crippen LogP contribution in [0.4, 0.5) is 11.4 Å². The van der Waals surface area contributed by atoms with Gasteiger partial charge in [-0.05, 0) is 30.2 Å². The second-order valence-corrected chi connectivity index (χ2v) is 7.12. The minimum Gasteiger partial charge on any atom is -0.489 e. The van der Waals surface area contributed by atoms with E-state index < -0.39 is 10.2 Å². The zero-order valence-corrected chi connectivity index (χ0v) is 12.8. The second kappa shape index (κ2) is 4.91. The summed E-state index contributed by atoms with van der Waals surface area (Å²) in [6.45, 7) is 1.19. The molecule has 6 heteroatoms. The third-order valence-corrected chi connectivity index (χ3v) is 5.96. The van der Waals surface area contributed by atoms with Crippen molar-refractivity contribution in [2.45, 2.75) is 6.42 Å². The van der Waals surface area contributed by atoms with Crippen molar-refractivity contribution in [3.63, 3.8) is 0 Å². The molecule has 0 spiro atoms. The van der Waals surface area contributed by atoms with Crippen molar-refractivity contribution in [2.75, 3.05) is 28.3 Å². The van der Waals surface area contributed by atoms with Crippen LogP contribution in [0.2, 0.25) is 0 Å². The molecule has 2 aliphatic rings. The lowest BCUT2D eigenvalue weighted by Crippen LogP contribution is -2.46. The van der Waals surface area contributed by atoms with E-state index in [1.54, 1.807) is 12.1 Å². The highest BCUT2D eigenvalue weighted by Crippen LogP contribution is 2.37. The fourth-order valence-corrected chi connectivity index (χ4v) is 4.74. The summed E-state index contributed by atoms with van der Waals surface area (Å²) in [6.07, 6.45) is 0.751. The molecule has 0 amide bonds. The first-order valence-electron chi connectivity index (χ1n) is 7.28. The van der Waals surface area contributed by atoms with E-state index in [-0.39, 0.29) is 0 Å². The van der Waals surface area contributed by atoms with Crippen LogP contribution in [-0.4, -0.2) is 28.1 Å². The number of hydrogen-bond acceptors (Lipinski definition) is 3. The van der Waals surface area contributed by atoms with E-state index in [4.69, 9.17) is 4.74 Å². The lowest BCUT2D eigenvalue weighted by atomic mass is 10.2. The Labute approximate surface area is 129 Å². The molecule has 5 nitrogen and oxygen atoms in total. The summed E-state index contributed by atoms with van der Waals surface area (Å²) in [6, 6.07) is 14.9. The summed E-state index contributed by atoms with van der Waals surface area (Å²) in [5.74, 6) is 0.616. The van der Waals surface area contributed by atoms with Crippen molar-refractivity contribution in [1.82, 2.24) is 0 Å². The molecule has 0 radical (unpaired) electrons. The molecular formula is C16H16N2O3S. The van der Waals surface area contributed by atoms with Crippen LogP contribution in [0.15, 0.2) is 48.5 Å². The quantitative estimate of drug-likeness (QED) is 0.853. The molecule has 0 aliphatic carbocycles. The molecule has 0 atom stereocenters. The van der Waals surface area contributed by atoms with Gasteiger partial charge in [-0.15, -0.1) is 0 Å². The van der Waals surface area contributed by atoms with Crippen molar-refractivity contribution in [1.29, 1.82) is 0 Å². The van der Waals surface area contributed by atoms with Crippen LogP contribution < -0.4 is 13.3 Å². The molecule has 2 heterocycles. The topological polar surface area (TPSA) is 49.9 Å². The summed E-state index contributed by atoms with van der Waals surface area (Å²) >= 11 is 0. The molecule has 0 fully saturated rings. The summed E-state index contributed by atoms with van der Waals surface area (Å²) < 4.78 is 34.7. The largest absolute Gasteiger partial charge is 0.489 e. The van der Waals surface area contributed by atoms with E-state index in [1.165, 1.54) is 8.61 Å². The SMILES string of the molecule is O=S(=O)(N1CCc2ccccc21)N1CCOc2ccccc21. The molecule has 4 rings (SSSR count). The van der Waals surface area contributed by atoms with Crippen molar-refractivity contribution in [3.05, 3.63) is 54.1 Å². The van der Waals surface area contributed by atoms with Crippen LogP contribution in [0.1, 0.15) is 5.56 Å². The number of nitrogens with zero attached hydrogens (tertiary/aromatic N) is 2. The average Bonchev–Trinajstić information content (AvgIpc) is 2.99. The lowest BCUT2D eigenvalue weighted by Gasteiger charge is -2.34. The standard InChI is InChI=1S/C16H16N2O3S/c19-22(20,17-10-9-13-5-1-2-6-14(13)17)18-11-12-21-16-8-4-3-7-15(16)18/h1-8H,9-12H2. The van der Waals surface area contributed by atoms with Crippen LogP contribution >= 0.6 is 0 Å². The van der Waals surface area contributed by atoms with Gasteiger partial charge in [0.15, 0.2) is 0 Å². The molecular weight excluding hydrogens is 300 g/mol. The smallest absolute Gasteiger partial charge is 0.326 e. The maximum atomic E-state index is 13.1. The molecule has 0 saturated heterocycles. The summed E-state index contributed by atoms with van der Waals surface area (Å²) in [7, 11) is -3.60. The first-order chi connectivity index (χ1) is 10.7. The molecule has 0 saturated carbocycles. The average molecular weight is 316 g/mol. The molecule has 0 unspecified atom stereocenters. The monoisotopic (exact) mass is 316 g/mol. The summed E-state index contributed by atoms with van der Waals surface area (Å²) in [4.78, 5) is 0. The van der Waals surface area contributed by atoms with Gasteiger partial charge in [0.05, 0.1) is 17.9 Å². The second-order valence-electron chi connectivity index (χ2n) is 5.35. The number of ether oxygens (including phenoxy) is 1. The summed E-state index contributed by atoms with van der Waals surface area (Å²) in [5.41, 5.74) is 2.47. The predicted molar refractivity (Wildman–Crippen MR) is 85.7 cm³/mol. The van der Waals surface area contributed by atoms with Gasteiger partial charge in [-0.1, -0.05) is 30.3 Å². The maximum Gasteiger partial charge on any atom is 0.326 e. The molecule has 0 bridgehead atoms. The van der Waals surface area contributed by atoms with Gasteiger partial charge in [0.2, 0.25) is 0 Å². The Morgan fingerprint density at radius 3 is 2.41 bits per heavy atom. The lowest BCUT2D eigenvalue weighted by molar-refractivity contribution is 0.316. The van der Waals surface area contributed by atoms with Gasteiger partial charge in [0.1, 0.15) is 12.4 Å². The van der Waals surface area contributed by atoms with Crippen LogP contribution in [0.3, 0.4) is 0 Å².